The Morgan fingerprint density at radius 1 is 1.56 bits per heavy atom. The maximum Gasteiger partial charge on any atom is 0.154 e. The summed E-state index contributed by atoms with van der Waals surface area (Å²) in [7, 11) is 0. The Morgan fingerprint density at radius 3 is 3.12 bits per heavy atom. The fourth-order valence-corrected chi connectivity index (χ4v) is 2.54. The van der Waals surface area contributed by atoms with Crippen LogP contribution in [-0.4, -0.2) is 41.8 Å². The Labute approximate surface area is 94.2 Å². The highest BCUT2D eigenvalue weighted by Gasteiger charge is 2.38. The topological polar surface area (TPSA) is 85.9 Å². The van der Waals surface area contributed by atoms with Crippen LogP contribution in [0.5, 0.6) is 0 Å². The number of hydrogen-bond donors (Lipinski definition) is 4. The molecule has 16 heavy (non-hydrogen) atoms. The molecule has 3 aliphatic rings. The van der Waals surface area contributed by atoms with Crippen molar-refractivity contribution in [3.8, 4) is 0 Å². The lowest BCUT2D eigenvalue weighted by Gasteiger charge is -2.41. The van der Waals surface area contributed by atoms with Gasteiger partial charge in [-0.25, -0.2) is 4.99 Å². The number of rotatable bonds is 2. The monoisotopic (exact) mass is 223 g/mol. The maximum absolute atomic E-state index is 9.02. The third-order valence-corrected chi connectivity index (χ3v) is 3.61. The Kier molecular flexibility index (Phi) is 2.26. The summed E-state index contributed by atoms with van der Waals surface area (Å²) >= 11 is 0. The first kappa shape index (κ1) is 9.92. The van der Waals surface area contributed by atoms with Crippen LogP contribution in [0.15, 0.2) is 16.5 Å². The van der Waals surface area contributed by atoms with Gasteiger partial charge in [0.15, 0.2) is 5.82 Å². The van der Waals surface area contributed by atoms with E-state index in [0.29, 0.717) is 18.6 Å². The van der Waals surface area contributed by atoms with Gasteiger partial charge in [0.25, 0.3) is 0 Å². The molecule has 0 aromatic carbocycles. The molecule has 5 N–H and O–H groups in total. The highest BCUT2D eigenvalue weighted by atomic mass is 16.3. The van der Waals surface area contributed by atoms with Gasteiger partial charge in [0, 0.05) is 12.6 Å². The van der Waals surface area contributed by atoms with Gasteiger partial charge in [0.2, 0.25) is 0 Å². The summed E-state index contributed by atoms with van der Waals surface area (Å²) in [6, 6.07) is 0.500. The summed E-state index contributed by atoms with van der Waals surface area (Å²) in [5.41, 5.74) is 6.89. The van der Waals surface area contributed by atoms with E-state index in [2.05, 4.69) is 20.5 Å². The van der Waals surface area contributed by atoms with E-state index < -0.39 is 0 Å². The van der Waals surface area contributed by atoms with Gasteiger partial charge in [-0.2, -0.15) is 0 Å². The van der Waals surface area contributed by atoms with Crippen molar-refractivity contribution in [3.05, 3.63) is 11.5 Å². The average molecular weight is 223 g/mol. The maximum atomic E-state index is 9.02. The number of aliphatic hydroxyl groups is 1. The zero-order valence-electron chi connectivity index (χ0n) is 9.06. The van der Waals surface area contributed by atoms with Crippen molar-refractivity contribution in [1.29, 1.82) is 0 Å². The van der Waals surface area contributed by atoms with Crippen molar-refractivity contribution in [2.45, 2.75) is 25.0 Å². The molecule has 2 heterocycles. The predicted molar refractivity (Wildman–Crippen MR) is 60.1 cm³/mol. The molecule has 1 unspecified atom stereocenters. The molecule has 1 aliphatic carbocycles. The number of aliphatic hydroxyl groups excluding tert-OH is 1. The first-order valence-electron chi connectivity index (χ1n) is 5.69. The molecule has 0 amide bonds. The number of hydrogen-bond acceptors (Lipinski definition) is 6. The van der Waals surface area contributed by atoms with Gasteiger partial charge >= 0.3 is 0 Å². The molecule has 0 bridgehead atoms. The van der Waals surface area contributed by atoms with Crippen molar-refractivity contribution in [2.24, 2.45) is 16.6 Å². The lowest BCUT2D eigenvalue weighted by molar-refractivity contribution is 0.0680. The van der Waals surface area contributed by atoms with Crippen molar-refractivity contribution in [3.63, 3.8) is 0 Å². The Bertz CT molecular complexity index is 347. The van der Waals surface area contributed by atoms with E-state index in [4.69, 9.17) is 10.8 Å². The average Bonchev–Trinajstić information content (AvgIpc) is 2.62. The van der Waals surface area contributed by atoms with Gasteiger partial charge in [-0.3, -0.25) is 0 Å². The smallest absolute Gasteiger partial charge is 0.154 e. The number of nitrogens with zero attached hydrogens (tertiary/aromatic N) is 2. The number of nitrogens with one attached hydrogen (secondary N) is 2. The molecule has 6 nitrogen and oxygen atoms in total. The second-order valence-electron chi connectivity index (χ2n) is 4.62. The molecule has 0 saturated heterocycles. The van der Waals surface area contributed by atoms with Crippen LogP contribution in [0.3, 0.4) is 0 Å². The lowest BCUT2D eigenvalue weighted by Crippen LogP contribution is -2.45. The summed E-state index contributed by atoms with van der Waals surface area (Å²) in [4.78, 5) is 6.59. The molecule has 0 aromatic rings. The van der Waals surface area contributed by atoms with Gasteiger partial charge in [0.1, 0.15) is 6.17 Å². The van der Waals surface area contributed by atoms with E-state index in [1.165, 1.54) is 0 Å². The van der Waals surface area contributed by atoms with Crippen LogP contribution >= 0.6 is 0 Å². The molecule has 0 radical (unpaired) electrons. The van der Waals surface area contributed by atoms with Crippen molar-refractivity contribution >= 4 is 6.34 Å². The van der Waals surface area contributed by atoms with Crippen LogP contribution in [0.25, 0.3) is 0 Å². The van der Waals surface area contributed by atoms with Crippen LogP contribution in [-0.2, 0) is 0 Å². The molecule has 1 atom stereocenters. The predicted octanol–water partition coefficient (Wildman–Crippen LogP) is -1.29. The van der Waals surface area contributed by atoms with E-state index in [1.807, 2.05) is 0 Å². The van der Waals surface area contributed by atoms with Crippen molar-refractivity contribution in [1.82, 2.24) is 15.5 Å². The van der Waals surface area contributed by atoms with Gasteiger partial charge in [0.05, 0.1) is 18.7 Å². The fourth-order valence-electron chi connectivity index (χ4n) is 2.54. The van der Waals surface area contributed by atoms with E-state index in [9.17, 15) is 0 Å². The standard InChI is InChI=1S/C10H17N5O/c11-9-8-10(13-4-12-9)15(5-14-8)7-1-6(2-7)3-16/h4,6-7,9,14,16H,1-3,5,11H2,(H,12,13)/t6-,7+,9?. The highest BCUT2D eigenvalue weighted by molar-refractivity contribution is 5.60. The highest BCUT2D eigenvalue weighted by Crippen LogP contribution is 2.35. The van der Waals surface area contributed by atoms with Gasteiger partial charge < -0.3 is 26.4 Å². The molecular weight excluding hydrogens is 206 g/mol. The number of nitrogens with two attached hydrogens (primary N) is 1. The quantitative estimate of drug-likeness (QED) is 0.468. The van der Waals surface area contributed by atoms with Gasteiger partial charge in [-0.05, 0) is 18.8 Å². The molecule has 1 saturated carbocycles. The molecule has 3 rings (SSSR count). The molecule has 0 aromatic heterocycles. The second-order valence-corrected chi connectivity index (χ2v) is 4.62. The van der Waals surface area contributed by atoms with E-state index in [-0.39, 0.29) is 6.17 Å². The van der Waals surface area contributed by atoms with Crippen LogP contribution < -0.4 is 16.4 Å². The minimum atomic E-state index is -0.175. The Hall–Kier alpha value is -1.27. The molecule has 6 heteroatoms. The molecule has 1 fully saturated rings. The van der Waals surface area contributed by atoms with E-state index in [0.717, 1.165) is 31.0 Å². The largest absolute Gasteiger partial charge is 0.396 e. The number of aliphatic imine (C=N–C) groups is 1. The van der Waals surface area contributed by atoms with Crippen LogP contribution in [0.1, 0.15) is 12.8 Å². The van der Waals surface area contributed by atoms with Crippen LogP contribution in [0.4, 0.5) is 0 Å². The minimum absolute atomic E-state index is 0.175. The molecule has 88 valence electrons. The Morgan fingerprint density at radius 2 is 2.38 bits per heavy atom. The van der Waals surface area contributed by atoms with E-state index in [1.54, 1.807) is 6.34 Å². The lowest BCUT2D eigenvalue weighted by atomic mass is 9.80. The van der Waals surface area contributed by atoms with E-state index >= 15 is 0 Å². The van der Waals surface area contributed by atoms with Crippen LogP contribution in [0.2, 0.25) is 0 Å². The molecule has 0 spiro atoms. The van der Waals surface area contributed by atoms with Crippen molar-refractivity contribution in [2.75, 3.05) is 13.3 Å². The minimum Gasteiger partial charge on any atom is -0.396 e. The second kappa shape index (κ2) is 3.64. The third kappa shape index (κ3) is 1.37. The zero-order valence-corrected chi connectivity index (χ0v) is 9.06. The van der Waals surface area contributed by atoms with Crippen molar-refractivity contribution < 1.29 is 5.11 Å². The zero-order chi connectivity index (χ0) is 11.1. The molecule has 2 aliphatic heterocycles. The first-order chi connectivity index (χ1) is 7.79. The van der Waals surface area contributed by atoms with Gasteiger partial charge in [-0.15, -0.1) is 0 Å². The fraction of sp³-hybridized carbons (Fsp3) is 0.700. The van der Waals surface area contributed by atoms with Gasteiger partial charge in [-0.1, -0.05) is 0 Å². The van der Waals surface area contributed by atoms with Crippen LogP contribution in [0, 0.1) is 5.92 Å². The SMILES string of the molecule is NC1NC=NC2=C1NCN2[C@H]1C[C@@H](CO)C1. The summed E-state index contributed by atoms with van der Waals surface area (Å²) in [5.74, 6) is 1.43. The summed E-state index contributed by atoms with van der Waals surface area (Å²) < 4.78 is 0. The Balaban J connectivity index is 1.72. The first-order valence-corrected chi connectivity index (χ1v) is 5.69. The summed E-state index contributed by atoms with van der Waals surface area (Å²) in [6.45, 7) is 1.08. The third-order valence-electron chi connectivity index (χ3n) is 3.61. The summed E-state index contributed by atoms with van der Waals surface area (Å²) in [6.07, 6.45) is 3.58. The molecular formula is C10H17N5O. The normalized spacial score (nSPS) is 36.6. The summed E-state index contributed by atoms with van der Waals surface area (Å²) in [5, 5.41) is 15.3.